The van der Waals surface area contributed by atoms with Crippen LogP contribution in [-0.2, 0) is 18.1 Å². The summed E-state index contributed by atoms with van der Waals surface area (Å²) >= 11 is 0. The zero-order chi connectivity index (χ0) is 14.4. The Morgan fingerprint density at radius 2 is 1.16 bits per heavy atom. The van der Waals surface area contributed by atoms with Gasteiger partial charge in [0.15, 0.2) is 0 Å². The highest BCUT2D eigenvalue weighted by molar-refractivity contribution is 7.48. The van der Waals surface area contributed by atoms with Crippen molar-refractivity contribution in [2.45, 2.75) is 72.1 Å². The molecule has 0 aromatic heterocycles. The molecule has 4 nitrogen and oxygen atoms in total. The van der Waals surface area contributed by atoms with E-state index in [0.29, 0.717) is 19.8 Å². The maximum Gasteiger partial charge on any atom is 0.474 e. The molecule has 0 N–H and O–H groups in total. The minimum absolute atomic E-state index is 0.342. The molecule has 0 aliphatic carbocycles. The Labute approximate surface area is 118 Å². The van der Waals surface area contributed by atoms with Crippen LogP contribution in [0.3, 0.4) is 0 Å². The van der Waals surface area contributed by atoms with Crippen molar-refractivity contribution in [1.29, 1.82) is 0 Å². The molecule has 0 rings (SSSR count). The number of phosphoric acid groups is 1. The van der Waals surface area contributed by atoms with Crippen LogP contribution in [0.2, 0.25) is 0 Å². The summed E-state index contributed by atoms with van der Waals surface area (Å²) in [6, 6.07) is 0. The maximum absolute atomic E-state index is 12.0. The van der Waals surface area contributed by atoms with Gasteiger partial charge >= 0.3 is 7.82 Å². The first-order valence-corrected chi connectivity index (χ1v) is 9.18. The lowest BCUT2D eigenvalue weighted by molar-refractivity contribution is 0.120. The molecule has 0 saturated heterocycles. The van der Waals surface area contributed by atoms with E-state index < -0.39 is 7.82 Å². The average molecular weight is 294 g/mol. The zero-order valence-corrected chi connectivity index (χ0v) is 13.8. The molecule has 0 unspecified atom stereocenters. The zero-order valence-electron chi connectivity index (χ0n) is 12.9. The molecular formula is C14H31O4P. The number of unbranched alkanes of at least 4 members (excludes halogenated alkanes) is 7. The SMILES string of the molecule is CCCCCCCCCCOP(=O)(OCC)OCC. The Morgan fingerprint density at radius 1 is 0.684 bits per heavy atom. The van der Waals surface area contributed by atoms with Gasteiger partial charge in [-0.1, -0.05) is 51.9 Å². The van der Waals surface area contributed by atoms with E-state index >= 15 is 0 Å². The van der Waals surface area contributed by atoms with Crippen molar-refractivity contribution in [2.75, 3.05) is 19.8 Å². The van der Waals surface area contributed by atoms with Crippen LogP contribution in [0, 0.1) is 0 Å². The summed E-state index contributed by atoms with van der Waals surface area (Å²) in [5.74, 6) is 0. The minimum atomic E-state index is -3.29. The summed E-state index contributed by atoms with van der Waals surface area (Å²) in [5.41, 5.74) is 0. The third-order valence-electron chi connectivity index (χ3n) is 2.82. The molecule has 0 amide bonds. The van der Waals surface area contributed by atoms with Gasteiger partial charge in [-0.3, -0.25) is 13.6 Å². The van der Waals surface area contributed by atoms with Gasteiger partial charge in [-0.05, 0) is 20.3 Å². The summed E-state index contributed by atoms with van der Waals surface area (Å²) in [6.07, 6.45) is 9.84. The van der Waals surface area contributed by atoms with Gasteiger partial charge in [0.25, 0.3) is 0 Å². The first-order chi connectivity index (χ1) is 9.18. The summed E-state index contributed by atoms with van der Waals surface area (Å²) in [6.45, 7) is 6.93. The first-order valence-electron chi connectivity index (χ1n) is 7.72. The predicted molar refractivity (Wildman–Crippen MR) is 79.4 cm³/mol. The van der Waals surface area contributed by atoms with Gasteiger partial charge in [0.1, 0.15) is 0 Å². The predicted octanol–water partition coefficient (Wildman–Crippen LogP) is 5.32. The van der Waals surface area contributed by atoms with Crippen molar-refractivity contribution in [3.05, 3.63) is 0 Å². The monoisotopic (exact) mass is 294 g/mol. The first kappa shape index (κ1) is 19.1. The quantitative estimate of drug-likeness (QED) is 0.321. The molecule has 0 aliphatic rings. The van der Waals surface area contributed by atoms with Crippen molar-refractivity contribution in [3.63, 3.8) is 0 Å². The van der Waals surface area contributed by atoms with Gasteiger partial charge in [0.05, 0.1) is 19.8 Å². The molecule has 0 radical (unpaired) electrons. The highest BCUT2D eigenvalue weighted by Gasteiger charge is 2.24. The van der Waals surface area contributed by atoms with Crippen molar-refractivity contribution < 1.29 is 18.1 Å². The van der Waals surface area contributed by atoms with Crippen LogP contribution in [0.15, 0.2) is 0 Å². The molecule has 0 atom stereocenters. The highest BCUT2D eigenvalue weighted by atomic mass is 31.2. The van der Waals surface area contributed by atoms with Crippen molar-refractivity contribution in [1.82, 2.24) is 0 Å². The van der Waals surface area contributed by atoms with Gasteiger partial charge < -0.3 is 0 Å². The molecule has 0 saturated carbocycles. The molecule has 0 fully saturated rings. The van der Waals surface area contributed by atoms with Crippen LogP contribution in [0.1, 0.15) is 72.1 Å². The minimum Gasteiger partial charge on any atom is -0.287 e. The Morgan fingerprint density at radius 3 is 1.63 bits per heavy atom. The smallest absolute Gasteiger partial charge is 0.287 e. The van der Waals surface area contributed by atoms with E-state index in [1.54, 1.807) is 13.8 Å². The van der Waals surface area contributed by atoms with Gasteiger partial charge in [-0.25, -0.2) is 4.57 Å². The Kier molecular flexibility index (Phi) is 13.2. The lowest BCUT2D eigenvalue weighted by Gasteiger charge is -2.16. The van der Waals surface area contributed by atoms with Gasteiger partial charge in [-0.15, -0.1) is 0 Å². The van der Waals surface area contributed by atoms with Gasteiger partial charge in [0.2, 0.25) is 0 Å². The second kappa shape index (κ2) is 13.1. The standard InChI is InChI=1S/C14H31O4P/c1-4-7-8-9-10-11-12-13-14-18-19(15,16-5-2)17-6-3/h4-14H2,1-3H3. The van der Waals surface area contributed by atoms with E-state index in [1.165, 1.54) is 38.5 Å². The molecule has 0 aromatic rings. The molecule has 19 heavy (non-hydrogen) atoms. The van der Waals surface area contributed by atoms with E-state index in [9.17, 15) is 4.57 Å². The molecule has 0 aromatic carbocycles. The van der Waals surface area contributed by atoms with E-state index in [1.807, 2.05) is 0 Å². The Hall–Kier alpha value is 0.110. The highest BCUT2D eigenvalue weighted by Crippen LogP contribution is 2.49. The molecular weight excluding hydrogens is 263 g/mol. The lowest BCUT2D eigenvalue weighted by atomic mass is 10.1. The van der Waals surface area contributed by atoms with Crippen molar-refractivity contribution in [2.24, 2.45) is 0 Å². The number of rotatable bonds is 14. The Bertz CT molecular complexity index is 223. The third-order valence-corrected chi connectivity index (χ3v) is 4.47. The van der Waals surface area contributed by atoms with E-state index in [2.05, 4.69) is 6.92 Å². The summed E-state index contributed by atoms with van der Waals surface area (Å²) in [5, 5.41) is 0. The maximum atomic E-state index is 12.0. The largest absolute Gasteiger partial charge is 0.474 e. The van der Waals surface area contributed by atoms with Crippen LogP contribution < -0.4 is 0 Å². The average Bonchev–Trinajstić information content (AvgIpc) is 2.37. The summed E-state index contributed by atoms with van der Waals surface area (Å²) in [4.78, 5) is 0. The molecule has 116 valence electrons. The van der Waals surface area contributed by atoms with Crippen molar-refractivity contribution >= 4 is 7.82 Å². The molecule has 0 spiro atoms. The number of hydrogen-bond donors (Lipinski definition) is 0. The van der Waals surface area contributed by atoms with Crippen LogP contribution in [0.5, 0.6) is 0 Å². The molecule has 0 aliphatic heterocycles. The van der Waals surface area contributed by atoms with Crippen molar-refractivity contribution in [3.8, 4) is 0 Å². The lowest BCUT2D eigenvalue weighted by Crippen LogP contribution is -2.01. The van der Waals surface area contributed by atoms with E-state index in [-0.39, 0.29) is 0 Å². The van der Waals surface area contributed by atoms with Crippen LogP contribution in [0.25, 0.3) is 0 Å². The second-order valence-electron chi connectivity index (χ2n) is 4.59. The number of phosphoric ester groups is 1. The van der Waals surface area contributed by atoms with E-state index in [0.717, 1.165) is 12.8 Å². The normalized spacial score (nSPS) is 11.9. The second-order valence-corrected chi connectivity index (χ2v) is 6.26. The van der Waals surface area contributed by atoms with Crippen LogP contribution in [-0.4, -0.2) is 19.8 Å². The summed E-state index contributed by atoms with van der Waals surface area (Å²) < 4.78 is 27.3. The fourth-order valence-electron chi connectivity index (χ4n) is 1.84. The molecule has 0 heterocycles. The van der Waals surface area contributed by atoms with Crippen LogP contribution >= 0.6 is 7.82 Å². The molecule has 0 bridgehead atoms. The van der Waals surface area contributed by atoms with E-state index in [4.69, 9.17) is 13.6 Å². The number of hydrogen-bond acceptors (Lipinski definition) is 4. The van der Waals surface area contributed by atoms with Gasteiger partial charge in [0, 0.05) is 0 Å². The Balaban J connectivity index is 3.47. The topological polar surface area (TPSA) is 44.8 Å². The van der Waals surface area contributed by atoms with Gasteiger partial charge in [-0.2, -0.15) is 0 Å². The fraction of sp³-hybridized carbons (Fsp3) is 1.00. The van der Waals surface area contributed by atoms with Crippen LogP contribution in [0.4, 0.5) is 0 Å². The fourth-order valence-corrected chi connectivity index (χ4v) is 3.05. The summed E-state index contributed by atoms with van der Waals surface area (Å²) in [7, 11) is -3.29. The third kappa shape index (κ3) is 11.6. The molecule has 5 heteroatoms.